The number of phosphoric acid groups is 7. The second kappa shape index (κ2) is 42.4. The standard InChI is InChI=1S/C31H76N4O36P8/c1-32-24-53-8-6-28(18-36)68-76(45,46)62-15-12-59-74(41,42)66-22-30(19-55-26-34-3)71-79(51,52)64-17-14-60-75(43,44)67-23-31(20-56-27-35-4)70-78(49,50)63-16-13-58-73(39,40)65-21-29(7-9-54-25-33-2)69-77(47,48)61-11-10-57-72(5,37)38/h28-36H,6-27H2,1-5H3,(H,37,38)(H,39,40)(H,41,42)(H,43,44)(H,45,46)(H,47,48)(H,49,50)(H,51,52). The highest BCUT2D eigenvalue weighted by Crippen LogP contribution is 2.52. The molecule has 0 rings (SSSR count). The summed E-state index contributed by atoms with van der Waals surface area (Å²) in [6.45, 7) is -10.7. The Morgan fingerprint density at radius 1 is 0.316 bits per heavy atom. The zero-order valence-corrected chi connectivity index (χ0v) is 50.6. The average molecular weight is 1330 g/mol. The minimum atomic E-state index is -5.18. The molecule has 0 aliphatic carbocycles. The number of nitrogens with one attached hydrogen (secondary N) is 4. The Balaban J connectivity index is 5.23. The van der Waals surface area contributed by atoms with Crippen molar-refractivity contribution in [2.45, 2.75) is 37.3 Å². The Bertz CT molecular complexity index is 2020. The molecule has 0 aromatic carbocycles. The number of aliphatic hydroxyl groups is 1. The third-order valence-corrected chi connectivity index (χ3v) is 15.7. The lowest BCUT2D eigenvalue weighted by Crippen LogP contribution is -2.27. The monoisotopic (exact) mass is 1330 g/mol. The molecule has 0 saturated heterocycles. The molecule has 0 heterocycles. The molecular formula is C31H76N4O36P8. The summed E-state index contributed by atoms with van der Waals surface area (Å²) < 4.78 is 191. The molecule has 40 nitrogen and oxygen atoms in total. The molecule has 0 spiro atoms. The van der Waals surface area contributed by atoms with Crippen LogP contribution in [0.5, 0.6) is 0 Å². The third kappa shape index (κ3) is 47.4. The van der Waals surface area contributed by atoms with E-state index in [1.807, 2.05) is 0 Å². The normalized spacial score (nSPS) is 20.0. The van der Waals surface area contributed by atoms with Crippen LogP contribution in [-0.4, -0.2) is 236 Å². The van der Waals surface area contributed by atoms with E-state index < -0.39 is 179 Å². The second-order valence-electron chi connectivity index (χ2n) is 14.9. The fourth-order valence-corrected chi connectivity index (χ4v) is 10.9. The molecule has 12 unspecified atom stereocenters. The molecule has 12 atom stereocenters. The Hall–Kier alpha value is 0.560. The van der Waals surface area contributed by atoms with Gasteiger partial charge in [-0.05, 0) is 41.0 Å². The highest BCUT2D eigenvalue weighted by Gasteiger charge is 2.35. The van der Waals surface area contributed by atoms with E-state index in [1.54, 1.807) is 14.1 Å². The van der Waals surface area contributed by atoms with Crippen molar-refractivity contribution in [3.05, 3.63) is 0 Å². The summed E-state index contributed by atoms with van der Waals surface area (Å²) in [5.74, 6) is 0. The van der Waals surface area contributed by atoms with E-state index in [-0.39, 0.29) is 53.0 Å². The van der Waals surface area contributed by atoms with Crippen LogP contribution in [0, 0.1) is 0 Å². The number of hydrogen-bond donors (Lipinski definition) is 13. The SMILES string of the molecule is CNCOCCC(CO)OP(=O)(O)OCCOP(=O)(O)OCC(COCNC)OP(=O)(O)OCCOP(=O)(O)OCC(COCNC)OP(=O)(O)OCCOP(=O)(O)OCC(CCOCNC)OP(=O)(O)OCCOP(C)(=O)O. The minimum absolute atomic E-state index is 0.00906. The van der Waals surface area contributed by atoms with Gasteiger partial charge in [-0.1, -0.05) is 0 Å². The van der Waals surface area contributed by atoms with Crippen molar-refractivity contribution < 1.29 is 168 Å². The van der Waals surface area contributed by atoms with Gasteiger partial charge in [0, 0.05) is 6.66 Å². The van der Waals surface area contributed by atoms with Crippen molar-refractivity contribution in [2.24, 2.45) is 0 Å². The van der Waals surface area contributed by atoms with E-state index in [0.717, 1.165) is 6.66 Å². The van der Waals surface area contributed by atoms with Gasteiger partial charge in [0.15, 0.2) is 0 Å². The zero-order chi connectivity index (χ0) is 60.1. The Morgan fingerprint density at radius 3 is 0.873 bits per heavy atom. The second-order valence-corrected chi connectivity index (χ2v) is 26.7. The van der Waals surface area contributed by atoms with Crippen LogP contribution in [0.2, 0.25) is 0 Å². The lowest BCUT2D eigenvalue weighted by Gasteiger charge is -2.23. The molecule has 48 heteroatoms. The van der Waals surface area contributed by atoms with Gasteiger partial charge in [0.2, 0.25) is 0 Å². The number of aliphatic hydroxyl groups excluding tert-OH is 1. The Kier molecular flexibility index (Phi) is 42.7. The first kappa shape index (κ1) is 79.6. The quantitative estimate of drug-likeness (QED) is 0.0213. The Labute approximate surface area is 455 Å². The van der Waals surface area contributed by atoms with Gasteiger partial charge in [0.05, 0.1) is 145 Å². The van der Waals surface area contributed by atoms with Gasteiger partial charge in [-0.2, -0.15) is 0 Å². The van der Waals surface area contributed by atoms with Crippen LogP contribution < -0.4 is 21.3 Å². The molecule has 0 bridgehead atoms. The van der Waals surface area contributed by atoms with Crippen molar-refractivity contribution in [1.82, 2.24) is 21.3 Å². The van der Waals surface area contributed by atoms with Crippen molar-refractivity contribution in [1.29, 1.82) is 0 Å². The van der Waals surface area contributed by atoms with Crippen LogP contribution in [0.15, 0.2) is 0 Å². The summed E-state index contributed by atoms with van der Waals surface area (Å²) >= 11 is 0. The molecular weight excluding hydrogens is 1250 g/mol. The predicted molar refractivity (Wildman–Crippen MR) is 265 cm³/mol. The van der Waals surface area contributed by atoms with Crippen LogP contribution in [-0.2, 0) is 123 Å². The van der Waals surface area contributed by atoms with Gasteiger partial charge in [-0.3, -0.25) is 89.2 Å². The molecule has 0 aromatic heterocycles. The first-order chi connectivity index (χ1) is 36.7. The van der Waals surface area contributed by atoms with Crippen molar-refractivity contribution in [3.63, 3.8) is 0 Å². The van der Waals surface area contributed by atoms with Crippen LogP contribution >= 0.6 is 62.4 Å². The molecule has 0 aliphatic heterocycles. The molecule has 79 heavy (non-hydrogen) atoms. The van der Waals surface area contributed by atoms with Gasteiger partial charge in [0.25, 0.3) is 0 Å². The van der Waals surface area contributed by atoms with Crippen molar-refractivity contribution in [3.8, 4) is 0 Å². The van der Waals surface area contributed by atoms with Gasteiger partial charge >= 0.3 is 62.4 Å². The summed E-state index contributed by atoms with van der Waals surface area (Å²) in [5.41, 5.74) is 0. The van der Waals surface area contributed by atoms with E-state index in [9.17, 15) is 75.9 Å². The Morgan fingerprint density at radius 2 is 0.570 bits per heavy atom. The summed E-state index contributed by atoms with van der Waals surface area (Å²) in [6, 6.07) is 0. The van der Waals surface area contributed by atoms with E-state index in [4.69, 9.17) is 73.6 Å². The number of hydrogen-bond acceptors (Lipinski definition) is 32. The summed E-state index contributed by atoms with van der Waals surface area (Å²) in [4.78, 5) is 80.2. The predicted octanol–water partition coefficient (Wildman–Crippen LogP) is -0.226. The number of rotatable bonds is 56. The maximum absolute atomic E-state index is 12.8. The lowest BCUT2D eigenvalue weighted by molar-refractivity contribution is -0.0124. The molecule has 0 saturated carbocycles. The van der Waals surface area contributed by atoms with Crippen LogP contribution in [0.4, 0.5) is 0 Å². The van der Waals surface area contributed by atoms with E-state index in [2.05, 4.69) is 39.4 Å². The maximum atomic E-state index is 12.8. The van der Waals surface area contributed by atoms with Gasteiger partial charge in [0.1, 0.15) is 12.2 Å². The van der Waals surface area contributed by atoms with E-state index >= 15 is 0 Å². The van der Waals surface area contributed by atoms with Gasteiger partial charge < -0.3 is 67.7 Å². The topological polar surface area (TPSA) is 542 Å². The zero-order valence-electron chi connectivity index (χ0n) is 43.5. The summed E-state index contributed by atoms with van der Waals surface area (Å²) in [5, 5.41) is 19.9. The molecule has 0 aromatic rings. The molecule has 0 radical (unpaired) electrons. The highest BCUT2D eigenvalue weighted by molar-refractivity contribution is 7.52. The summed E-state index contributed by atoms with van der Waals surface area (Å²) in [6.07, 6.45) is -6.14. The molecule has 0 fully saturated rings. The maximum Gasteiger partial charge on any atom is 0.472 e. The van der Waals surface area contributed by atoms with Gasteiger partial charge in [-0.15, -0.1) is 0 Å². The number of ether oxygens (including phenoxy) is 4. The van der Waals surface area contributed by atoms with Crippen LogP contribution in [0.1, 0.15) is 12.8 Å². The van der Waals surface area contributed by atoms with Crippen LogP contribution in [0.25, 0.3) is 0 Å². The molecule has 0 amide bonds. The van der Waals surface area contributed by atoms with Crippen molar-refractivity contribution >= 4 is 62.4 Å². The first-order valence-corrected chi connectivity index (χ1v) is 35.2. The van der Waals surface area contributed by atoms with Gasteiger partial charge in [-0.25, -0.2) is 32.0 Å². The number of phosphoric ester groups is 7. The lowest BCUT2D eigenvalue weighted by atomic mass is 10.3. The molecule has 13 N–H and O–H groups in total. The average Bonchev–Trinajstić information content (AvgIpc) is 3.34. The summed E-state index contributed by atoms with van der Waals surface area (Å²) in [7, 11) is -33.1. The first-order valence-electron chi connectivity index (χ1n) is 22.7. The molecule has 0 aliphatic rings. The third-order valence-electron chi connectivity index (χ3n) is 7.81. The van der Waals surface area contributed by atoms with E-state index in [1.165, 1.54) is 14.1 Å². The van der Waals surface area contributed by atoms with Crippen LogP contribution in [0.3, 0.4) is 0 Å². The fraction of sp³-hybridized carbons (Fsp3) is 1.00. The smallest absolute Gasteiger partial charge is 0.394 e. The highest BCUT2D eigenvalue weighted by atomic mass is 31.2. The minimum Gasteiger partial charge on any atom is -0.394 e. The van der Waals surface area contributed by atoms with Crippen molar-refractivity contribution in [2.75, 3.05) is 167 Å². The largest absolute Gasteiger partial charge is 0.472 e. The fourth-order valence-electron chi connectivity index (χ4n) is 4.72. The van der Waals surface area contributed by atoms with E-state index in [0.29, 0.717) is 0 Å². The molecule has 476 valence electrons.